The van der Waals surface area contributed by atoms with Crippen LogP contribution in [0.3, 0.4) is 0 Å². The highest BCUT2D eigenvalue weighted by Gasteiger charge is 2.20. The topological polar surface area (TPSA) is 31.4 Å². The van der Waals surface area contributed by atoms with E-state index in [9.17, 15) is 8.78 Å². The van der Waals surface area contributed by atoms with Crippen LogP contribution in [-0.2, 0) is 0 Å². The zero-order chi connectivity index (χ0) is 10.7. The van der Waals surface area contributed by atoms with Crippen LogP contribution in [0.4, 0.5) is 8.78 Å². The maximum Gasteiger partial charge on any atom is 0.269 e. The number of halogens is 3. The van der Waals surface area contributed by atoms with Crippen LogP contribution in [0, 0.1) is 3.70 Å². The van der Waals surface area contributed by atoms with Gasteiger partial charge in [-0.25, -0.2) is 13.8 Å². The summed E-state index contributed by atoms with van der Waals surface area (Å²) in [6, 6.07) is 0. The van der Waals surface area contributed by atoms with Gasteiger partial charge in [-0.3, -0.25) is 0 Å². The van der Waals surface area contributed by atoms with Crippen molar-refractivity contribution in [1.29, 1.82) is 0 Å². The van der Waals surface area contributed by atoms with E-state index in [4.69, 9.17) is 9.47 Å². The molecule has 1 aromatic heterocycles. The molecule has 0 unspecified atom stereocenters. The minimum Gasteiger partial charge on any atom is -0.492 e. The highest BCUT2D eigenvalue weighted by molar-refractivity contribution is 14.1. The Labute approximate surface area is 93.6 Å². The fourth-order valence-electron chi connectivity index (χ4n) is 1.01. The number of pyridine rings is 1. The average Bonchev–Trinajstić information content (AvgIpc) is 2.16. The zero-order valence-electron chi connectivity index (χ0n) is 7.55. The van der Waals surface area contributed by atoms with Crippen molar-refractivity contribution in [2.75, 3.05) is 14.2 Å². The quantitative estimate of drug-likeness (QED) is 0.635. The van der Waals surface area contributed by atoms with Crippen molar-refractivity contribution < 1.29 is 18.3 Å². The molecule has 0 atom stereocenters. The molecular weight excluding hydrogens is 307 g/mol. The molecule has 0 N–H and O–H groups in total. The molecule has 0 spiro atoms. The summed E-state index contributed by atoms with van der Waals surface area (Å²) in [6.07, 6.45) is -1.53. The number of aromatic nitrogens is 1. The van der Waals surface area contributed by atoms with Gasteiger partial charge in [0.1, 0.15) is 3.70 Å². The number of ether oxygens (including phenoxy) is 2. The largest absolute Gasteiger partial charge is 0.492 e. The van der Waals surface area contributed by atoms with Crippen molar-refractivity contribution in [3.8, 4) is 11.5 Å². The molecule has 0 saturated heterocycles. The lowest BCUT2D eigenvalue weighted by molar-refractivity contribution is 0.145. The van der Waals surface area contributed by atoms with Gasteiger partial charge in [0.15, 0.2) is 11.5 Å². The second-order valence-electron chi connectivity index (χ2n) is 2.37. The molecule has 0 aliphatic rings. The molecule has 1 heterocycles. The van der Waals surface area contributed by atoms with Gasteiger partial charge in [-0.05, 0) is 22.6 Å². The number of nitrogens with zero attached hydrogens (tertiary/aromatic N) is 1. The summed E-state index contributed by atoms with van der Waals surface area (Å²) < 4.78 is 35.3. The first-order valence-electron chi connectivity index (χ1n) is 3.66. The Kier molecular flexibility index (Phi) is 3.85. The van der Waals surface area contributed by atoms with E-state index >= 15 is 0 Å². The SMILES string of the molecule is COc1c(C(F)F)cnc(I)c1OC. The van der Waals surface area contributed by atoms with E-state index in [1.807, 2.05) is 22.6 Å². The molecule has 0 amide bonds. The normalized spacial score (nSPS) is 10.4. The molecule has 78 valence electrons. The highest BCUT2D eigenvalue weighted by atomic mass is 127. The van der Waals surface area contributed by atoms with Crippen molar-refractivity contribution >= 4 is 22.6 Å². The van der Waals surface area contributed by atoms with Crippen LogP contribution in [0.1, 0.15) is 12.0 Å². The van der Waals surface area contributed by atoms with Crippen LogP contribution >= 0.6 is 22.6 Å². The van der Waals surface area contributed by atoms with Gasteiger partial charge in [-0.1, -0.05) is 0 Å². The summed E-state index contributed by atoms with van der Waals surface area (Å²) in [5.74, 6) is 0.285. The molecule has 14 heavy (non-hydrogen) atoms. The van der Waals surface area contributed by atoms with Crippen molar-refractivity contribution in [1.82, 2.24) is 4.98 Å². The summed E-state index contributed by atoms with van der Waals surface area (Å²) in [4.78, 5) is 3.78. The molecule has 6 heteroatoms. The van der Waals surface area contributed by atoms with Gasteiger partial charge < -0.3 is 9.47 Å². The predicted molar refractivity (Wildman–Crippen MR) is 55.0 cm³/mol. The molecule has 0 fully saturated rings. The van der Waals surface area contributed by atoms with Crippen molar-refractivity contribution in [2.24, 2.45) is 0 Å². The van der Waals surface area contributed by atoms with Gasteiger partial charge >= 0.3 is 0 Å². The Morgan fingerprint density at radius 1 is 1.29 bits per heavy atom. The van der Waals surface area contributed by atoms with E-state index in [1.54, 1.807) is 0 Å². The summed E-state index contributed by atoms with van der Waals surface area (Å²) in [7, 11) is 2.71. The minimum absolute atomic E-state index is 0.0434. The van der Waals surface area contributed by atoms with E-state index in [1.165, 1.54) is 14.2 Å². The Morgan fingerprint density at radius 2 is 1.86 bits per heavy atom. The highest BCUT2D eigenvalue weighted by Crippen LogP contribution is 2.38. The van der Waals surface area contributed by atoms with Gasteiger partial charge in [0.25, 0.3) is 6.43 Å². The maximum absolute atomic E-state index is 12.5. The molecular formula is C8H8F2INO2. The van der Waals surface area contributed by atoms with E-state index in [0.717, 1.165) is 6.20 Å². The molecule has 0 aliphatic heterocycles. The van der Waals surface area contributed by atoms with Crippen LogP contribution in [0.2, 0.25) is 0 Å². The monoisotopic (exact) mass is 315 g/mol. The number of rotatable bonds is 3. The molecule has 1 rings (SSSR count). The molecule has 3 nitrogen and oxygen atoms in total. The van der Waals surface area contributed by atoms with Gasteiger partial charge in [0.05, 0.1) is 19.8 Å². The van der Waals surface area contributed by atoms with E-state index in [0.29, 0.717) is 3.70 Å². The van der Waals surface area contributed by atoms with Gasteiger partial charge in [0, 0.05) is 6.20 Å². The van der Waals surface area contributed by atoms with Crippen LogP contribution in [-0.4, -0.2) is 19.2 Å². The van der Waals surface area contributed by atoms with E-state index < -0.39 is 6.43 Å². The van der Waals surface area contributed by atoms with Crippen molar-refractivity contribution in [3.63, 3.8) is 0 Å². The Bertz CT molecular complexity index is 333. The first kappa shape index (κ1) is 11.4. The molecule has 0 aliphatic carbocycles. The maximum atomic E-state index is 12.5. The van der Waals surface area contributed by atoms with Crippen molar-refractivity contribution in [2.45, 2.75) is 6.43 Å². The standard InChI is InChI=1S/C8H8F2INO2/c1-13-5-4(7(9)10)3-12-8(11)6(5)14-2/h3,7H,1-2H3. The lowest BCUT2D eigenvalue weighted by Gasteiger charge is -2.12. The minimum atomic E-state index is -2.62. The summed E-state index contributed by atoms with van der Waals surface area (Å²) in [6.45, 7) is 0. The molecule has 0 bridgehead atoms. The molecule has 0 radical (unpaired) electrons. The Balaban J connectivity index is 3.33. The second kappa shape index (κ2) is 4.72. The Hall–Kier alpha value is -0.660. The second-order valence-corrected chi connectivity index (χ2v) is 3.39. The molecule has 0 saturated carbocycles. The van der Waals surface area contributed by atoms with Crippen LogP contribution in [0.15, 0.2) is 6.20 Å². The first-order chi connectivity index (χ1) is 6.61. The number of methoxy groups -OCH3 is 2. The summed E-state index contributed by atoms with van der Waals surface area (Å²) in [5, 5.41) is 0. The summed E-state index contributed by atoms with van der Waals surface area (Å²) in [5.41, 5.74) is -0.259. The lowest BCUT2D eigenvalue weighted by Crippen LogP contribution is -2.00. The van der Waals surface area contributed by atoms with Crippen molar-refractivity contribution in [3.05, 3.63) is 15.5 Å². The van der Waals surface area contributed by atoms with Crippen LogP contribution in [0.5, 0.6) is 11.5 Å². The third-order valence-electron chi connectivity index (χ3n) is 1.62. The van der Waals surface area contributed by atoms with E-state index in [-0.39, 0.29) is 17.1 Å². The van der Waals surface area contributed by atoms with Crippen LogP contribution in [0.25, 0.3) is 0 Å². The number of hydrogen-bond acceptors (Lipinski definition) is 3. The Morgan fingerprint density at radius 3 is 2.29 bits per heavy atom. The summed E-state index contributed by atoms with van der Waals surface area (Å²) >= 11 is 1.89. The third kappa shape index (κ3) is 2.05. The first-order valence-corrected chi connectivity index (χ1v) is 4.74. The lowest BCUT2D eigenvalue weighted by atomic mass is 10.2. The van der Waals surface area contributed by atoms with Gasteiger partial charge in [-0.2, -0.15) is 0 Å². The fraction of sp³-hybridized carbons (Fsp3) is 0.375. The van der Waals surface area contributed by atoms with Crippen LogP contribution < -0.4 is 9.47 Å². The molecule has 1 aromatic rings. The number of alkyl halides is 2. The average molecular weight is 315 g/mol. The van der Waals surface area contributed by atoms with E-state index in [2.05, 4.69) is 4.98 Å². The third-order valence-corrected chi connectivity index (χ3v) is 2.38. The molecule has 0 aromatic carbocycles. The van der Waals surface area contributed by atoms with Gasteiger partial charge in [0.2, 0.25) is 0 Å². The predicted octanol–water partition coefficient (Wildman–Crippen LogP) is 2.64. The smallest absolute Gasteiger partial charge is 0.269 e. The zero-order valence-corrected chi connectivity index (χ0v) is 9.71. The fourth-order valence-corrected chi connectivity index (χ4v) is 1.62. The number of hydrogen-bond donors (Lipinski definition) is 0. The van der Waals surface area contributed by atoms with Gasteiger partial charge in [-0.15, -0.1) is 0 Å².